The molecule has 0 heterocycles. The van der Waals surface area contributed by atoms with Gasteiger partial charge < -0.3 is 14.1 Å². The predicted octanol–water partition coefficient (Wildman–Crippen LogP) is 2.01. The van der Waals surface area contributed by atoms with Crippen LogP contribution in [0.5, 0.6) is 0 Å². The second-order valence-electron chi connectivity index (χ2n) is 6.26. The van der Waals surface area contributed by atoms with Crippen LogP contribution in [0.4, 0.5) is 0 Å². The molecule has 0 bridgehead atoms. The molecule has 0 fully saturated rings. The minimum atomic E-state index is -4.27. The van der Waals surface area contributed by atoms with Crippen molar-refractivity contribution in [3.8, 4) is 0 Å². The maximum absolute atomic E-state index is 10.4. The van der Waals surface area contributed by atoms with Crippen molar-refractivity contribution >= 4 is 16.1 Å². The summed E-state index contributed by atoms with van der Waals surface area (Å²) in [7, 11) is 1.99. The summed E-state index contributed by atoms with van der Waals surface area (Å²) in [4.78, 5) is 10.2. The summed E-state index contributed by atoms with van der Waals surface area (Å²) in [5, 5.41) is 8.54. The van der Waals surface area contributed by atoms with Gasteiger partial charge in [-0.25, -0.2) is 13.2 Å². The molecule has 0 aliphatic rings. The van der Waals surface area contributed by atoms with Crippen LogP contribution in [0.25, 0.3) is 0 Å². The number of benzene rings is 1. The summed E-state index contributed by atoms with van der Waals surface area (Å²) >= 11 is 0. The normalized spacial score (nSPS) is 12.3. The van der Waals surface area contributed by atoms with Crippen LogP contribution in [0.2, 0.25) is 0 Å². The highest BCUT2D eigenvalue weighted by molar-refractivity contribution is 7.85. The van der Waals surface area contributed by atoms with Gasteiger partial charge in [0.2, 0.25) is 0 Å². The first-order chi connectivity index (χ1) is 10.3. The molecule has 0 amide bonds. The van der Waals surface area contributed by atoms with Gasteiger partial charge in [0.05, 0.1) is 32.6 Å². The summed E-state index contributed by atoms with van der Waals surface area (Å²) in [6.45, 7) is 4.41. The summed E-state index contributed by atoms with van der Waals surface area (Å²) < 4.78 is 32.0. The van der Waals surface area contributed by atoms with Gasteiger partial charge in [-0.15, -0.1) is 0 Å². The summed E-state index contributed by atoms with van der Waals surface area (Å²) in [6.07, 6.45) is 2.59. The van der Waals surface area contributed by atoms with Crippen LogP contribution in [0.1, 0.15) is 18.9 Å². The van der Waals surface area contributed by atoms with Crippen molar-refractivity contribution < 1.29 is 27.4 Å². The topological polar surface area (TPSA) is 94.5 Å². The van der Waals surface area contributed by atoms with E-state index in [1.165, 1.54) is 12.1 Å². The second-order valence-corrected chi connectivity index (χ2v) is 7.64. The number of nitrogens with zero attached hydrogens (tertiary/aromatic N) is 1. The molecule has 0 saturated heterocycles. The number of carboxylic acid groups (broad SMARTS) is 1. The summed E-state index contributed by atoms with van der Waals surface area (Å²) in [5.74, 6) is -0.823. The highest BCUT2D eigenvalue weighted by Gasteiger charge is 2.05. The molecule has 0 unspecified atom stereocenters. The van der Waals surface area contributed by atoms with Crippen molar-refractivity contribution in [3.05, 3.63) is 41.5 Å². The van der Waals surface area contributed by atoms with E-state index in [9.17, 15) is 17.8 Å². The van der Waals surface area contributed by atoms with Crippen molar-refractivity contribution in [3.63, 3.8) is 0 Å². The molecule has 0 radical (unpaired) electrons. The van der Waals surface area contributed by atoms with Crippen molar-refractivity contribution in [1.82, 2.24) is 0 Å². The molecule has 1 aromatic carbocycles. The first kappa shape index (κ1) is 21.3. The first-order valence-corrected chi connectivity index (χ1v) is 8.47. The highest BCUT2D eigenvalue weighted by Crippen LogP contribution is 2.08. The van der Waals surface area contributed by atoms with Crippen LogP contribution in [0.3, 0.4) is 0 Å². The zero-order valence-corrected chi connectivity index (χ0v) is 15.1. The molecule has 130 valence electrons. The molecule has 0 saturated carbocycles. The average Bonchev–Trinajstić information content (AvgIpc) is 2.37. The van der Waals surface area contributed by atoms with Gasteiger partial charge in [0.1, 0.15) is 10.1 Å². The van der Waals surface area contributed by atoms with E-state index in [-0.39, 0.29) is 4.90 Å². The molecule has 0 aromatic heterocycles. The molecule has 6 nitrogen and oxygen atoms in total. The Bertz CT molecular complexity index is 640. The van der Waals surface area contributed by atoms with Crippen LogP contribution in [0, 0.1) is 6.92 Å². The smallest absolute Gasteiger partial charge is 0.330 e. The lowest BCUT2D eigenvalue weighted by atomic mass is 10.2. The maximum atomic E-state index is 10.4. The fraction of sp³-hybridized carbons (Fsp3) is 0.438. The molecule has 1 rings (SSSR count). The zero-order chi connectivity index (χ0) is 18.3. The van der Waals surface area contributed by atoms with Gasteiger partial charge in [-0.3, -0.25) is 0 Å². The SMILES string of the molecule is CC(=CCC[N+](C)(C)C)C(=O)O.Cc1ccc(S(=O)(=O)[O-])cc1. The van der Waals surface area contributed by atoms with E-state index >= 15 is 0 Å². The van der Waals surface area contributed by atoms with Gasteiger partial charge in [0.15, 0.2) is 0 Å². The van der Waals surface area contributed by atoms with E-state index in [4.69, 9.17) is 5.11 Å². The van der Waals surface area contributed by atoms with E-state index in [1.54, 1.807) is 25.1 Å². The Morgan fingerprint density at radius 1 is 1.22 bits per heavy atom. The third-order valence-corrected chi connectivity index (χ3v) is 3.75. The third kappa shape index (κ3) is 10.6. The van der Waals surface area contributed by atoms with Gasteiger partial charge in [-0.05, 0) is 26.0 Å². The molecule has 7 heteroatoms. The van der Waals surface area contributed by atoms with Gasteiger partial charge >= 0.3 is 5.97 Å². The quantitative estimate of drug-likeness (QED) is 0.501. The van der Waals surface area contributed by atoms with Crippen LogP contribution in [-0.2, 0) is 14.9 Å². The molecule has 0 spiro atoms. The summed E-state index contributed by atoms with van der Waals surface area (Å²) in [6, 6.07) is 5.78. The minimum absolute atomic E-state index is 0.178. The number of rotatable bonds is 5. The molecular weight excluding hydrogens is 318 g/mol. The third-order valence-electron chi connectivity index (χ3n) is 2.90. The van der Waals surface area contributed by atoms with Crippen molar-refractivity contribution in [2.24, 2.45) is 0 Å². The van der Waals surface area contributed by atoms with Gasteiger partial charge in [0.25, 0.3) is 0 Å². The number of hydrogen-bond donors (Lipinski definition) is 1. The number of carbonyl (C=O) groups is 1. The summed E-state index contributed by atoms with van der Waals surface area (Å²) in [5.41, 5.74) is 1.36. The molecule has 0 aliphatic carbocycles. The Morgan fingerprint density at radius 2 is 1.70 bits per heavy atom. The minimum Gasteiger partial charge on any atom is -0.744 e. The fourth-order valence-electron chi connectivity index (χ4n) is 1.46. The van der Waals surface area contributed by atoms with Gasteiger partial charge in [0, 0.05) is 12.0 Å². The number of hydrogen-bond acceptors (Lipinski definition) is 4. The van der Waals surface area contributed by atoms with Crippen molar-refractivity contribution in [2.45, 2.75) is 25.2 Å². The van der Waals surface area contributed by atoms with Crippen molar-refractivity contribution in [2.75, 3.05) is 27.7 Å². The highest BCUT2D eigenvalue weighted by atomic mass is 32.2. The number of carboxylic acids is 1. The molecule has 1 aromatic rings. The first-order valence-electron chi connectivity index (χ1n) is 7.06. The Labute approximate surface area is 138 Å². The van der Waals surface area contributed by atoms with Crippen LogP contribution >= 0.6 is 0 Å². The van der Waals surface area contributed by atoms with Gasteiger partial charge in [-0.2, -0.15) is 0 Å². The van der Waals surface area contributed by atoms with E-state index in [2.05, 4.69) is 21.1 Å². The Balaban J connectivity index is 0.000000422. The van der Waals surface area contributed by atoms with Crippen LogP contribution in [-0.4, -0.2) is 56.2 Å². The molecule has 0 aliphatic heterocycles. The number of quaternary nitrogens is 1. The lowest BCUT2D eigenvalue weighted by Crippen LogP contribution is -2.34. The number of aryl methyl sites for hydroxylation is 1. The second kappa shape index (κ2) is 8.81. The van der Waals surface area contributed by atoms with E-state index in [0.29, 0.717) is 5.57 Å². The Morgan fingerprint density at radius 3 is 2.04 bits per heavy atom. The van der Waals surface area contributed by atoms with E-state index in [1.807, 2.05) is 6.92 Å². The maximum Gasteiger partial charge on any atom is 0.330 e. The average molecular weight is 343 g/mol. The molecule has 0 atom stereocenters. The standard InChI is InChI=1S/C9H17NO2.C7H8O3S/c1-8(9(11)12)6-5-7-10(2,3)4;1-6-2-4-7(5-3-6)11(8,9)10/h6H,5,7H2,1-4H3;2-5H,1H3,(H,8,9,10). The number of aliphatic carboxylic acids is 1. The fourth-order valence-corrected chi connectivity index (χ4v) is 1.93. The monoisotopic (exact) mass is 343 g/mol. The molecule has 23 heavy (non-hydrogen) atoms. The largest absolute Gasteiger partial charge is 0.744 e. The van der Waals surface area contributed by atoms with Crippen LogP contribution in [0.15, 0.2) is 40.8 Å². The zero-order valence-electron chi connectivity index (χ0n) is 14.2. The molecule has 1 N–H and O–H groups in total. The van der Waals surface area contributed by atoms with E-state index < -0.39 is 16.1 Å². The lowest BCUT2D eigenvalue weighted by molar-refractivity contribution is -0.869. The van der Waals surface area contributed by atoms with Gasteiger partial charge in [-0.1, -0.05) is 23.8 Å². The predicted molar refractivity (Wildman–Crippen MR) is 88.1 cm³/mol. The van der Waals surface area contributed by atoms with Crippen LogP contribution < -0.4 is 0 Å². The Hall–Kier alpha value is -1.70. The lowest BCUT2D eigenvalue weighted by Gasteiger charge is -2.22. The van der Waals surface area contributed by atoms with Crippen molar-refractivity contribution in [1.29, 1.82) is 0 Å². The Kier molecular flexibility index (Phi) is 8.16. The molecular formula is C16H25NO5S. The van der Waals surface area contributed by atoms with E-state index in [0.717, 1.165) is 23.0 Å².